The first-order chi connectivity index (χ1) is 13.0. The maximum absolute atomic E-state index is 12.6. The minimum atomic E-state index is -0.477. The van der Waals surface area contributed by atoms with Crippen LogP contribution in [0.15, 0.2) is 58.4 Å². The van der Waals surface area contributed by atoms with Crippen LogP contribution < -0.4 is 5.32 Å². The van der Waals surface area contributed by atoms with E-state index >= 15 is 0 Å². The molecule has 1 amide bonds. The van der Waals surface area contributed by atoms with Gasteiger partial charge in [0.25, 0.3) is 5.91 Å². The number of hydrogen-bond acceptors (Lipinski definition) is 4. The predicted octanol–water partition coefficient (Wildman–Crippen LogP) is 6.26. The zero-order valence-electron chi connectivity index (χ0n) is 14.3. The molecule has 0 unspecified atom stereocenters. The SMILES string of the molecule is CCOC(=O)c1c(-c2ccc(Cl)cc2)csc1NC(=O)c1ccc(Br)cc1. The van der Waals surface area contributed by atoms with Gasteiger partial charge in [0.05, 0.1) is 6.61 Å². The number of benzene rings is 2. The molecule has 0 atom stereocenters. The average molecular weight is 465 g/mol. The Balaban J connectivity index is 1.97. The van der Waals surface area contributed by atoms with Gasteiger partial charge in [-0.1, -0.05) is 39.7 Å². The van der Waals surface area contributed by atoms with Gasteiger partial charge in [0.1, 0.15) is 10.6 Å². The molecule has 0 saturated heterocycles. The number of carbonyl (C=O) groups excluding carboxylic acids is 2. The number of halogens is 2. The third-order valence-corrected chi connectivity index (χ3v) is 5.44. The molecule has 1 heterocycles. The first-order valence-electron chi connectivity index (χ1n) is 8.11. The van der Waals surface area contributed by atoms with E-state index in [-0.39, 0.29) is 12.5 Å². The van der Waals surface area contributed by atoms with E-state index in [0.717, 1.165) is 10.0 Å². The van der Waals surface area contributed by atoms with Crippen molar-refractivity contribution < 1.29 is 14.3 Å². The van der Waals surface area contributed by atoms with Crippen molar-refractivity contribution in [3.63, 3.8) is 0 Å². The molecule has 2 aromatic carbocycles. The summed E-state index contributed by atoms with van der Waals surface area (Å²) in [4.78, 5) is 25.1. The molecule has 7 heteroatoms. The second-order valence-electron chi connectivity index (χ2n) is 5.54. The number of esters is 1. The van der Waals surface area contributed by atoms with Crippen molar-refractivity contribution in [2.75, 3.05) is 11.9 Å². The number of amides is 1. The number of thiophene rings is 1. The number of nitrogens with one attached hydrogen (secondary N) is 1. The Kier molecular flexibility index (Phi) is 6.31. The first kappa shape index (κ1) is 19.6. The van der Waals surface area contributed by atoms with Gasteiger partial charge in [0, 0.05) is 26.0 Å². The van der Waals surface area contributed by atoms with E-state index in [9.17, 15) is 9.59 Å². The summed E-state index contributed by atoms with van der Waals surface area (Å²) in [6, 6.07) is 14.1. The summed E-state index contributed by atoms with van der Waals surface area (Å²) in [5.74, 6) is -0.771. The fraction of sp³-hybridized carbons (Fsp3) is 0.100. The van der Waals surface area contributed by atoms with E-state index in [4.69, 9.17) is 16.3 Å². The minimum Gasteiger partial charge on any atom is -0.462 e. The molecule has 0 aliphatic carbocycles. The Morgan fingerprint density at radius 3 is 2.41 bits per heavy atom. The van der Waals surface area contributed by atoms with Crippen molar-refractivity contribution >= 4 is 55.7 Å². The van der Waals surface area contributed by atoms with Gasteiger partial charge in [-0.3, -0.25) is 4.79 Å². The summed E-state index contributed by atoms with van der Waals surface area (Å²) in [5.41, 5.74) is 2.35. The second-order valence-corrected chi connectivity index (χ2v) is 7.77. The topological polar surface area (TPSA) is 55.4 Å². The standard InChI is InChI=1S/C20H15BrClNO3S/c1-2-26-20(25)17-16(12-5-9-15(22)10-6-12)11-27-19(17)23-18(24)13-3-7-14(21)8-4-13/h3-11H,2H2,1H3,(H,23,24). The lowest BCUT2D eigenvalue weighted by atomic mass is 10.0. The summed E-state index contributed by atoms with van der Waals surface area (Å²) < 4.78 is 6.08. The highest BCUT2D eigenvalue weighted by Gasteiger charge is 2.23. The van der Waals surface area contributed by atoms with Crippen molar-refractivity contribution in [1.29, 1.82) is 0 Å². The molecular formula is C20H15BrClNO3S. The molecule has 138 valence electrons. The van der Waals surface area contributed by atoms with E-state index in [1.165, 1.54) is 11.3 Å². The molecule has 27 heavy (non-hydrogen) atoms. The van der Waals surface area contributed by atoms with Gasteiger partial charge in [-0.25, -0.2) is 4.79 Å². The molecule has 0 saturated carbocycles. The lowest BCUT2D eigenvalue weighted by molar-refractivity contribution is 0.0529. The minimum absolute atomic E-state index is 0.245. The number of hydrogen-bond donors (Lipinski definition) is 1. The van der Waals surface area contributed by atoms with Gasteiger partial charge < -0.3 is 10.1 Å². The molecule has 4 nitrogen and oxygen atoms in total. The van der Waals surface area contributed by atoms with Crippen LogP contribution in [0.1, 0.15) is 27.6 Å². The average Bonchev–Trinajstić information content (AvgIpc) is 3.06. The quantitative estimate of drug-likeness (QED) is 0.453. The van der Waals surface area contributed by atoms with Crippen molar-refractivity contribution in [2.45, 2.75) is 6.92 Å². The summed E-state index contributed by atoms with van der Waals surface area (Å²) in [6.07, 6.45) is 0. The van der Waals surface area contributed by atoms with E-state index in [2.05, 4.69) is 21.2 Å². The molecule has 1 aromatic heterocycles. The summed E-state index contributed by atoms with van der Waals surface area (Å²) in [7, 11) is 0. The fourth-order valence-electron chi connectivity index (χ4n) is 2.47. The predicted molar refractivity (Wildman–Crippen MR) is 113 cm³/mol. The monoisotopic (exact) mass is 463 g/mol. The van der Waals surface area contributed by atoms with Crippen LogP contribution in [-0.4, -0.2) is 18.5 Å². The van der Waals surface area contributed by atoms with Crippen LogP contribution in [0.5, 0.6) is 0 Å². The van der Waals surface area contributed by atoms with Gasteiger partial charge in [0.2, 0.25) is 0 Å². The van der Waals surface area contributed by atoms with Gasteiger partial charge in [-0.2, -0.15) is 0 Å². The number of rotatable bonds is 5. The van der Waals surface area contributed by atoms with Crippen LogP contribution in [0.2, 0.25) is 5.02 Å². The lowest BCUT2D eigenvalue weighted by Crippen LogP contribution is -2.14. The van der Waals surface area contributed by atoms with Crippen LogP contribution in [0.4, 0.5) is 5.00 Å². The normalized spacial score (nSPS) is 10.5. The van der Waals surface area contributed by atoms with Crippen LogP contribution in [0.3, 0.4) is 0 Å². The summed E-state index contributed by atoms with van der Waals surface area (Å²) in [5, 5.41) is 5.71. The third-order valence-electron chi connectivity index (χ3n) is 3.76. The maximum atomic E-state index is 12.6. The molecule has 3 rings (SSSR count). The molecule has 1 N–H and O–H groups in total. The van der Waals surface area contributed by atoms with Crippen LogP contribution in [0, 0.1) is 0 Å². The lowest BCUT2D eigenvalue weighted by Gasteiger charge is -2.09. The number of carbonyl (C=O) groups is 2. The van der Waals surface area contributed by atoms with E-state index in [0.29, 0.717) is 26.7 Å². The maximum Gasteiger partial charge on any atom is 0.341 e. The van der Waals surface area contributed by atoms with Crippen molar-refractivity contribution in [1.82, 2.24) is 0 Å². The van der Waals surface area contributed by atoms with Crippen LogP contribution in [-0.2, 0) is 4.74 Å². The molecule has 0 spiro atoms. The third kappa shape index (κ3) is 4.58. The first-order valence-corrected chi connectivity index (χ1v) is 10.2. The summed E-state index contributed by atoms with van der Waals surface area (Å²) >= 11 is 10.6. The Labute approximate surface area is 174 Å². The molecule has 0 aliphatic rings. The van der Waals surface area contributed by atoms with Gasteiger partial charge >= 0.3 is 5.97 Å². The Hall–Kier alpha value is -2.15. The summed E-state index contributed by atoms with van der Waals surface area (Å²) in [6.45, 7) is 1.99. The van der Waals surface area contributed by atoms with Gasteiger partial charge in [0.15, 0.2) is 0 Å². The fourth-order valence-corrected chi connectivity index (χ4v) is 3.82. The zero-order valence-corrected chi connectivity index (χ0v) is 17.5. The second kappa shape index (κ2) is 8.69. The number of ether oxygens (including phenoxy) is 1. The van der Waals surface area contributed by atoms with Gasteiger partial charge in [-0.15, -0.1) is 11.3 Å². The van der Waals surface area contributed by atoms with Crippen LogP contribution in [0.25, 0.3) is 11.1 Å². The van der Waals surface area contributed by atoms with Crippen LogP contribution >= 0.6 is 38.9 Å². The van der Waals surface area contributed by atoms with Crippen molar-refractivity contribution in [3.05, 3.63) is 74.5 Å². The largest absolute Gasteiger partial charge is 0.462 e. The van der Waals surface area contributed by atoms with Crippen molar-refractivity contribution in [3.8, 4) is 11.1 Å². The Morgan fingerprint density at radius 1 is 1.11 bits per heavy atom. The molecule has 0 radical (unpaired) electrons. The van der Waals surface area contributed by atoms with Crippen molar-refractivity contribution in [2.24, 2.45) is 0 Å². The number of anilines is 1. The highest BCUT2D eigenvalue weighted by atomic mass is 79.9. The molecule has 0 fully saturated rings. The Morgan fingerprint density at radius 2 is 1.78 bits per heavy atom. The molecule has 0 bridgehead atoms. The highest BCUT2D eigenvalue weighted by molar-refractivity contribution is 9.10. The molecule has 3 aromatic rings. The molecular weight excluding hydrogens is 450 g/mol. The molecule has 0 aliphatic heterocycles. The van der Waals surface area contributed by atoms with E-state index in [1.54, 1.807) is 43.3 Å². The van der Waals surface area contributed by atoms with E-state index < -0.39 is 5.97 Å². The smallest absolute Gasteiger partial charge is 0.341 e. The van der Waals surface area contributed by atoms with Gasteiger partial charge in [-0.05, 0) is 48.9 Å². The zero-order chi connectivity index (χ0) is 19.4. The highest BCUT2D eigenvalue weighted by Crippen LogP contribution is 2.37. The Bertz CT molecular complexity index is 968. The van der Waals surface area contributed by atoms with E-state index in [1.807, 2.05) is 17.5 Å².